The number of piperidine rings is 1. The molecule has 2 aromatic heterocycles. The van der Waals surface area contributed by atoms with Crippen LogP contribution >= 0.6 is 11.6 Å². The Hall–Kier alpha value is -1.89. The van der Waals surface area contributed by atoms with E-state index in [0.717, 1.165) is 12.8 Å². The fourth-order valence-corrected chi connectivity index (χ4v) is 2.94. The smallest absolute Gasteiger partial charge is 0.410 e. The van der Waals surface area contributed by atoms with Crippen LogP contribution < -0.4 is 0 Å². The second-order valence-electron chi connectivity index (χ2n) is 6.71. The summed E-state index contributed by atoms with van der Waals surface area (Å²) >= 11 is 6.05. The minimum atomic E-state index is -0.494. The summed E-state index contributed by atoms with van der Waals surface area (Å²) in [6.45, 7) is 6.88. The number of halogens is 1. The van der Waals surface area contributed by atoms with E-state index in [9.17, 15) is 4.79 Å². The summed E-state index contributed by atoms with van der Waals surface area (Å²) in [6.07, 6.45) is 4.72. The Morgan fingerprint density at radius 2 is 2.13 bits per heavy atom. The Bertz CT molecular complexity index is 724. The fourth-order valence-electron chi connectivity index (χ4n) is 2.76. The van der Waals surface area contributed by atoms with Gasteiger partial charge in [0.05, 0.1) is 12.4 Å². The first-order chi connectivity index (χ1) is 10.8. The second-order valence-corrected chi connectivity index (χ2v) is 7.07. The molecule has 3 heterocycles. The molecule has 0 N–H and O–H groups in total. The number of hydrogen-bond acceptors (Lipinski definition) is 5. The van der Waals surface area contributed by atoms with Gasteiger partial charge in [0.1, 0.15) is 17.4 Å². The van der Waals surface area contributed by atoms with Gasteiger partial charge >= 0.3 is 6.09 Å². The average Bonchev–Trinajstić information content (AvgIpc) is 2.91. The number of likely N-dealkylation sites (tertiary alicyclic amines) is 1. The molecule has 0 aliphatic carbocycles. The van der Waals surface area contributed by atoms with Crippen LogP contribution in [0.25, 0.3) is 11.2 Å². The molecule has 23 heavy (non-hydrogen) atoms. The highest BCUT2D eigenvalue weighted by molar-refractivity contribution is 6.33. The van der Waals surface area contributed by atoms with Gasteiger partial charge < -0.3 is 14.2 Å². The van der Waals surface area contributed by atoms with E-state index in [0.29, 0.717) is 29.4 Å². The Kier molecular flexibility index (Phi) is 4.14. The van der Waals surface area contributed by atoms with E-state index in [1.165, 1.54) is 6.33 Å². The summed E-state index contributed by atoms with van der Waals surface area (Å²) in [5.74, 6) is 0. The van der Waals surface area contributed by atoms with Gasteiger partial charge in [-0.1, -0.05) is 11.6 Å². The molecule has 0 unspecified atom stereocenters. The topological polar surface area (TPSA) is 73.1 Å². The largest absolute Gasteiger partial charge is 0.444 e. The molecule has 0 radical (unpaired) electrons. The van der Waals surface area contributed by atoms with E-state index in [2.05, 4.69) is 15.0 Å². The minimum Gasteiger partial charge on any atom is -0.444 e. The third-order valence-electron chi connectivity index (χ3n) is 3.76. The Morgan fingerprint density at radius 1 is 1.35 bits per heavy atom. The summed E-state index contributed by atoms with van der Waals surface area (Å²) in [5.41, 5.74) is 0.788. The summed E-state index contributed by atoms with van der Waals surface area (Å²) in [6, 6.07) is 0.104. The zero-order valence-corrected chi connectivity index (χ0v) is 14.2. The number of carbonyl (C=O) groups excluding carboxylic acids is 1. The number of rotatable bonds is 1. The number of amides is 1. The normalized spacial score (nSPS) is 19.1. The van der Waals surface area contributed by atoms with Crippen LogP contribution in [0.1, 0.15) is 39.7 Å². The van der Waals surface area contributed by atoms with Gasteiger partial charge in [0.15, 0.2) is 10.8 Å². The number of imidazole rings is 1. The number of carbonyl (C=O) groups is 1. The summed E-state index contributed by atoms with van der Waals surface area (Å²) in [7, 11) is 0. The van der Waals surface area contributed by atoms with E-state index < -0.39 is 5.60 Å². The SMILES string of the molecule is CC(C)(C)OC(=O)N1CCC[C@@H](n2cnc3c(Cl)ncnc32)C1. The molecule has 124 valence electrons. The zero-order chi connectivity index (χ0) is 16.6. The van der Waals surface area contributed by atoms with Crippen molar-refractivity contribution in [2.24, 2.45) is 0 Å². The highest BCUT2D eigenvalue weighted by atomic mass is 35.5. The maximum atomic E-state index is 12.3. The summed E-state index contributed by atoms with van der Waals surface area (Å²) in [5, 5.41) is 0.341. The fraction of sp³-hybridized carbons (Fsp3) is 0.600. The summed E-state index contributed by atoms with van der Waals surface area (Å²) in [4.78, 5) is 26.5. The quantitative estimate of drug-likeness (QED) is 0.748. The Morgan fingerprint density at radius 3 is 2.87 bits per heavy atom. The number of nitrogens with zero attached hydrogens (tertiary/aromatic N) is 5. The van der Waals surface area contributed by atoms with E-state index in [1.807, 2.05) is 25.3 Å². The molecule has 8 heteroatoms. The predicted octanol–water partition coefficient (Wildman–Crippen LogP) is 3.05. The van der Waals surface area contributed by atoms with Crippen LogP contribution in [0.3, 0.4) is 0 Å². The number of fused-ring (bicyclic) bond motifs is 1. The predicted molar refractivity (Wildman–Crippen MR) is 86.4 cm³/mol. The molecule has 1 amide bonds. The molecule has 3 rings (SSSR count). The van der Waals surface area contributed by atoms with Crippen molar-refractivity contribution < 1.29 is 9.53 Å². The van der Waals surface area contributed by atoms with Crippen molar-refractivity contribution in [2.45, 2.75) is 45.3 Å². The lowest BCUT2D eigenvalue weighted by molar-refractivity contribution is 0.0174. The van der Waals surface area contributed by atoms with Crippen LogP contribution in [0.15, 0.2) is 12.7 Å². The molecule has 1 aliphatic heterocycles. The first kappa shape index (κ1) is 16.0. The first-order valence-electron chi connectivity index (χ1n) is 7.66. The van der Waals surface area contributed by atoms with Gasteiger partial charge in [0.25, 0.3) is 0 Å². The van der Waals surface area contributed by atoms with Gasteiger partial charge in [-0.05, 0) is 33.6 Å². The molecule has 7 nitrogen and oxygen atoms in total. The standard InChI is InChI=1S/C15H20ClN5O2/c1-15(2,3)23-14(22)20-6-4-5-10(7-20)21-9-19-11-12(16)17-8-18-13(11)21/h8-10H,4-7H2,1-3H3/t10-/m1/s1. The molecule has 0 bridgehead atoms. The van der Waals surface area contributed by atoms with E-state index in [1.54, 1.807) is 11.2 Å². The van der Waals surface area contributed by atoms with Crippen molar-refractivity contribution in [1.29, 1.82) is 0 Å². The highest BCUT2D eigenvalue weighted by Crippen LogP contribution is 2.27. The van der Waals surface area contributed by atoms with Crippen LogP contribution in [-0.2, 0) is 4.74 Å². The molecule has 1 atom stereocenters. The van der Waals surface area contributed by atoms with Crippen LogP contribution in [0, 0.1) is 0 Å². The van der Waals surface area contributed by atoms with E-state index >= 15 is 0 Å². The van der Waals surface area contributed by atoms with Crippen molar-refractivity contribution in [3.05, 3.63) is 17.8 Å². The van der Waals surface area contributed by atoms with Crippen molar-refractivity contribution in [2.75, 3.05) is 13.1 Å². The maximum absolute atomic E-state index is 12.3. The lowest BCUT2D eigenvalue weighted by atomic mass is 10.1. The van der Waals surface area contributed by atoms with Gasteiger partial charge in [0.2, 0.25) is 0 Å². The second kappa shape index (κ2) is 5.96. The van der Waals surface area contributed by atoms with Crippen molar-refractivity contribution in [1.82, 2.24) is 24.4 Å². The molecule has 1 aliphatic rings. The van der Waals surface area contributed by atoms with E-state index in [4.69, 9.17) is 16.3 Å². The molecular weight excluding hydrogens is 318 g/mol. The highest BCUT2D eigenvalue weighted by Gasteiger charge is 2.29. The number of aromatic nitrogens is 4. The number of hydrogen-bond donors (Lipinski definition) is 0. The lowest BCUT2D eigenvalue weighted by Crippen LogP contribution is -2.43. The summed E-state index contributed by atoms with van der Waals surface area (Å²) < 4.78 is 7.44. The molecule has 0 aromatic carbocycles. The van der Waals surface area contributed by atoms with Crippen molar-refractivity contribution in [3.63, 3.8) is 0 Å². The molecule has 0 spiro atoms. The van der Waals surface area contributed by atoms with Crippen molar-refractivity contribution in [3.8, 4) is 0 Å². The molecular formula is C15H20ClN5O2. The monoisotopic (exact) mass is 337 g/mol. The van der Waals surface area contributed by atoms with Gasteiger partial charge in [-0.3, -0.25) is 0 Å². The number of ether oxygens (including phenoxy) is 1. The Labute approximate surface area is 139 Å². The van der Waals surface area contributed by atoms with Crippen LogP contribution in [0.4, 0.5) is 4.79 Å². The van der Waals surface area contributed by atoms with Crippen LogP contribution in [-0.4, -0.2) is 49.2 Å². The maximum Gasteiger partial charge on any atom is 0.410 e. The molecule has 1 fully saturated rings. The van der Waals surface area contributed by atoms with Crippen LogP contribution in [0.2, 0.25) is 5.15 Å². The van der Waals surface area contributed by atoms with Gasteiger partial charge in [-0.2, -0.15) is 0 Å². The third kappa shape index (κ3) is 3.39. The van der Waals surface area contributed by atoms with Gasteiger partial charge in [0, 0.05) is 13.1 Å². The zero-order valence-electron chi connectivity index (χ0n) is 13.5. The third-order valence-corrected chi connectivity index (χ3v) is 4.03. The average molecular weight is 338 g/mol. The van der Waals surface area contributed by atoms with Gasteiger partial charge in [-0.15, -0.1) is 0 Å². The van der Waals surface area contributed by atoms with E-state index in [-0.39, 0.29) is 12.1 Å². The van der Waals surface area contributed by atoms with Gasteiger partial charge in [-0.25, -0.2) is 19.7 Å². The first-order valence-corrected chi connectivity index (χ1v) is 8.04. The van der Waals surface area contributed by atoms with Crippen LogP contribution in [0.5, 0.6) is 0 Å². The molecule has 1 saturated heterocycles. The lowest BCUT2D eigenvalue weighted by Gasteiger charge is -2.34. The Balaban J connectivity index is 1.80. The molecule has 2 aromatic rings. The minimum absolute atomic E-state index is 0.104. The molecule has 0 saturated carbocycles. The van der Waals surface area contributed by atoms with Crippen molar-refractivity contribution >= 4 is 28.9 Å².